The fraction of sp³-hybridized carbons (Fsp3) is 0.538. The van der Waals surface area contributed by atoms with Crippen LogP contribution in [0.25, 0.3) is 0 Å². The summed E-state index contributed by atoms with van der Waals surface area (Å²) in [5.41, 5.74) is 0.826. The minimum atomic E-state index is -1.04. The second-order valence-electron chi connectivity index (χ2n) is 4.09. The summed E-state index contributed by atoms with van der Waals surface area (Å²) >= 11 is 0. The highest BCUT2D eigenvalue weighted by Crippen LogP contribution is 2.20. The summed E-state index contributed by atoms with van der Waals surface area (Å²) in [6, 6.07) is 3.62. The predicted molar refractivity (Wildman–Crippen MR) is 70.0 cm³/mol. The van der Waals surface area contributed by atoms with Crippen molar-refractivity contribution >= 4 is 11.7 Å². The van der Waals surface area contributed by atoms with E-state index >= 15 is 0 Å². The van der Waals surface area contributed by atoms with Crippen molar-refractivity contribution in [2.24, 2.45) is 0 Å². The van der Waals surface area contributed by atoms with Crippen molar-refractivity contribution < 1.29 is 15.0 Å². The number of aliphatic hydroxyl groups excluding tert-OH is 1. The SMILES string of the molecule is CCC(CC)N(CCO)c1ccnc(C(=O)O)c1. The monoisotopic (exact) mass is 252 g/mol. The van der Waals surface area contributed by atoms with Gasteiger partial charge in [-0.05, 0) is 25.0 Å². The summed E-state index contributed by atoms with van der Waals surface area (Å²) in [4.78, 5) is 16.8. The van der Waals surface area contributed by atoms with Crippen LogP contribution in [0, 0.1) is 0 Å². The largest absolute Gasteiger partial charge is 0.477 e. The van der Waals surface area contributed by atoms with Gasteiger partial charge in [-0.3, -0.25) is 0 Å². The third-order valence-corrected chi connectivity index (χ3v) is 3.02. The van der Waals surface area contributed by atoms with E-state index in [9.17, 15) is 4.79 Å². The molecule has 18 heavy (non-hydrogen) atoms. The summed E-state index contributed by atoms with van der Waals surface area (Å²) in [5.74, 6) is -1.04. The molecule has 1 aromatic rings. The number of anilines is 1. The second-order valence-corrected chi connectivity index (χ2v) is 4.09. The van der Waals surface area contributed by atoms with E-state index in [1.807, 2.05) is 4.90 Å². The molecular weight excluding hydrogens is 232 g/mol. The first kappa shape index (κ1) is 14.4. The van der Waals surface area contributed by atoms with Gasteiger partial charge in [0.05, 0.1) is 6.61 Å². The van der Waals surface area contributed by atoms with Crippen molar-refractivity contribution in [3.05, 3.63) is 24.0 Å². The maximum absolute atomic E-state index is 10.9. The van der Waals surface area contributed by atoms with Gasteiger partial charge in [-0.1, -0.05) is 13.8 Å². The number of aromatic carboxylic acids is 1. The summed E-state index contributed by atoms with van der Waals surface area (Å²) in [7, 11) is 0. The zero-order valence-corrected chi connectivity index (χ0v) is 10.8. The molecule has 0 spiro atoms. The van der Waals surface area contributed by atoms with Gasteiger partial charge in [0.15, 0.2) is 0 Å². The van der Waals surface area contributed by atoms with Gasteiger partial charge in [0, 0.05) is 24.5 Å². The number of aliphatic hydroxyl groups is 1. The molecule has 0 unspecified atom stereocenters. The molecule has 5 heteroatoms. The lowest BCUT2D eigenvalue weighted by Gasteiger charge is -2.32. The van der Waals surface area contributed by atoms with E-state index in [4.69, 9.17) is 10.2 Å². The van der Waals surface area contributed by atoms with Gasteiger partial charge < -0.3 is 15.1 Å². The van der Waals surface area contributed by atoms with E-state index in [0.29, 0.717) is 12.6 Å². The molecule has 1 rings (SSSR count). The molecule has 0 fully saturated rings. The van der Waals surface area contributed by atoms with Crippen molar-refractivity contribution in [2.45, 2.75) is 32.7 Å². The zero-order valence-electron chi connectivity index (χ0n) is 10.8. The number of carboxylic acid groups (broad SMARTS) is 1. The molecule has 1 aromatic heterocycles. The number of nitrogens with zero attached hydrogens (tertiary/aromatic N) is 2. The van der Waals surface area contributed by atoms with E-state index < -0.39 is 5.97 Å². The van der Waals surface area contributed by atoms with Crippen LogP contribution in [0.15, 0.2) is 18.3 Å². The van der Waals surface area contributed by atoms with Gasteiger partial charge in [-0.15, -0.1) is 0 Å². The number of aromatic nitrogens is 1. The fourth-order valence-corrected chi connectivity index (χ4v) is 2.07. The number of hydrogen-bond acceptors (Lipinski definition) is 4. The molecule has 0 saturated heterocycles. The minimum Gasteiger partial charge on any atom is -0.477 e. The van der Waals surface area contributed by atoms with Crippen LogP contribution in [0.1, 0.15) is 37.2 Å². The number of carbonyl (C=O) groups is 1. The molecule has 0 amide bonds. The van der Waals surface area contributed by atoms with Gasteiger partial charge in [-0.2, -0.15) is 0 Å². The van der Waals surface area contributed by atoms with Crippen molar-refractivity contribution in [3.8, 4) is 0 Å². The molecule has 100 valence electrons. The average Bonchev–Trinajstić information content (AvgIpc) is 2.39. The van der Waals surface area contributed by atoms with Gasteiger partial charge in [-0.25, -0.2) is 9.78 Å². The molecule has 1 heterocycles. The standard InChI is InChI=1S/C13H20N2O3/c1-3-10(4-2)15(7-8-16)11-5-6-14-12(9-11)13(17)18/h5-6,9-10,16H,3-4,7-8H2,1-2H3,(H,17,18). The maximum atomic E-state index is 10.9. The lowest BCUT2D eigenvalue weighted by molar-refractivity contribution is 0.0690. The molecule has 0 aliphatic rings. The maximum Gasteiger partial charge on any atom is 0.354 e. The van der Waals surface area contributed by atoms with Crippen LogP contribution in [0.4, 0.5) is 5.69 Å². The Balaban J connectivity index is 3.04. The predicted octanol–water partition coefficient (Wildman–Crippen LogP) is 1.77. The lowest BCUT2D eigenvalue weighted by atomic mass is 10.1. The van der Waals surface area contributed by atoms with E-state index in [1.54, 1.807) is 12.1 Å². The summed E-state index contributed by atoms with van der Waals surface area (Å²) < 4.78 is 0. The third-order valence-electron chi connectivity index (χ3n) is 3.02. The Hall–Kier alpha value is -1.62. The van der Waals surface area contributed by atoms with Gasteiger partial charge >= 0.3 is 5.97 Å². The minimum absolute atomic E-state index is 0.0291. The van der Waals surface area contributed by atoms with Gasteiger partial charge in [0.2, 0.25) is 0 Å². The van der Waals surface area contributed by atoms with E-state index in [1.165, 1.54) is 6.20 Å². The zero-order chi connectivity index (χ0) is 13.5. The lowest BCUT2D eigenvalue weighted by Crippen LogP contribution is -2.36. The fourth-order valence-electron chi connectivity index (χ4n) is 2.07. The van der Waals surface area contributed by atoms with Crippen molar-refractivity contribution in [1.29, 1.82) is 0 Å². The van der Waals surface area contributed by atoms with Crippen LogP contribution in [0.3, 0.4) is 0 Å². The number of pyridine rings is 1. The Kier molecular flexibility index (Phi) is 5.58. The van der Waals surface area contributed by atoms with Crippen molar-refractivity contribution in [3.63, 3.8) is 0 Å². The molecule has 5 nitrogen and oxygen atoms in total. The summed E-state index contributed by atoms with van der Waals surface area (Å²) in [6.07, 6.45) is 3.38. The molecule has 0 aliphatic carbocycles. The Labute approximate surface area is 107 Å². The molecule has 0 atom stereocenters. The molecule has 0 bridgehead atoms. The molecule has 2 N–H and O–H groups in total. The van der Waals surface area contributed by atoms with Gasteiger partial charge in [0.25, 0.3) is 0 Å². The summed E-state index contributed by atoms with van der Waals surface area (Å²) in [5, 5.41) is 18.1. The number of carboxylic acids is 1. The van der Waals surface area contributed by atoms with Crippen LogP contribution >= 0.6 is 0 Å². The van der Waals surface area contributed by atoms with Crippen LogP contribution in [0.5, 0.6) is 0 Å². The van der Waals surface area contributed by atoms with Crippen LogP contribution in [0.2, 0.25) is 0 Å². The van der Waals surface area contributed by atoms with Crippen LogP contribution in [-0.2, 0) is 0 Å². The normalized spacial score (nSPS) is 10.7. The first-order chi connectivity index (χ1) is 8.63. The molecule has 0 saturated carbocycles. The van der Waals surface area contributed by atoms with E-state index in [-0.39, 0.29) is 12.3 Å². The molecule has 0 aromatic carbocycles. The molecule has 0 radical (unpaired) electrons. The highest BCUT2D eigenvalue weighted by atomic mass is 16.4. The van der Waals surface area contributed by atoms with Crippen molar-refractivity contribution in [2.75, 3.05) is 18.1 Å². The average molecular weight is 252 g/mol. The first-order valence-corrected chi connectivity index (χ1v) is 6.20. The Morgan fingerprint density at radius 2 is 2.11 bits per heavy atom. The highest BCUT2D eigenvalue weighted by molar-refractivity contribution is 5.86. The molecular formula is C13H20N2O3. The first-order valence-electron chi connectivity index (χ1n) is 6.20. The quantitative estimate of drug-likeness (QED) is 0.773. The van der Waals surface area contributed by atoms with E-state index in [0.717, 1.165) is 18.5 Å². The summed E-state index contributed by atoms with van der Waals surface area (Å²) in [6.45, 7) is 4.70. The smallest absolute Gasteiger partial charge is 0.354 e. The van der Waals surface area contributed by atoms with Crippen LogP contribution in [-0.4, -0.2) is 40.4 Å². The van der Waals surface area contributed by atoms with Crippen LogP contribution < -0.4 is 4.90 Å². The Morgan fingerprint density at radius 3 is 2.61 bits per heavy atom. The topological polar surface area (TPSA) is 73.7 Å². The number of hydrogen-bond donors (Lipinski definition) is 2. The third kappa shape index (κ3) is 3.43. The second kappa shape index (κ2) is 6.96. The molecule has 0 aliphatic heterocycles. The van der Waals surface area contributed by atoms with Crippen molar-refractivity contribution in [1.82, 2.24) is 4.98 Å². The Bertz CT molecular complexity index is 392. The number of rotatable bonds is 7. The Morgan fingerprint density at radius 1 is 1.44 bits per heavy atom. The highest BCUT2D eigenvalue weighted by Gasteiger charge is 2.16. The van der Waals surface area contributed by atoms with Gasteiger partial charge in [0.1, 0.15) is 5.69 Å². The van der Waals surface area contributed by atoms with E-state index in [2.05, 4.69) is 18.8 Å².